The molecule has 0 spiro atoms. The fourth-order valence-electron chi connectivity index (χ4n) is 4.30. The summed E-state index contributed by atoms with van der Waals surface area (Å²) >= 11 is 0. The van der Waals surface area contributed by atoms with Gasteiger partial charge in [0.1, 0.15) is 16.8 Å². The number of carbonyl (C=O) groups excluding carboxylic acids is 1. The maximum absolute atomic E-state index is 11.0. The number of amides is 1. The first-order chi connectivity index (χ1) is 17.0. The van der Waals surface area contributed by atoms with Gasteiger partial charge in [-0.25, -0.2) is 4.98 Å². The Labute approximate surface area is 204 Å². The first kappa shape index (κ1) is 24.3. The van der Waals surface area contributed by atoms with Crippen molar-refractivity contribution in [2.45, 2.75) is 39.3 Å². The SMILES string of the molecule is CCCCNc1nc(N)nc2c3ccccc3n(Cc3cc(CNCCC(N)=O)ccc3OC)c12. The highest BCUT2D eigenvalue weighted by Gasteiger charge is 2.19. The smallest absolute Gasteiger partial charge is 0.222 e. The van der Waals surface area contributed by atoms with E-state index in [1.54, 1.807) is 7.11 Å². The van der Waals surface area contributed by atoms with Gasteiger partial charge in [-0.1, -0.05) is 37.6 Å². The van der Waals surface area contributed by atoms with E-state index in [0.29, 0.717) is 26.1 Å². The Morgan fingerprint density at radius 3 is 2.74 bits per heavy atom. The molecule has 0 saturated heterocycles. The van der Waals surface area contributed by atoms with Crippen molar-refractivity contribution in [2.75, 3.05) is 31.2 Å². The first-order valence-corrected chi connectivity index (χ1v) is 11.9. The normalized spacial score (nSPS) is 11.3. The number of rotatable bonds is 12. The third-order valence-electron chi connectivity index (χ3n) is 5.99. The molecular weight excluding hydrogens is 442 g/mol. The Kier molecular flexibility index (Phi) is 7.67. The van der Waals surface area contributed by atoms with Crippen LogP contribution in [0.2, 0.25) is 0 Å². The van der Waals surface area contributed by atoms with Crippen molar-refractivity contribution in [1.82, 2.24) is 19.9 Å². The van der Waals surface area contributed by atoms with Crippen LogP contribution in [-0.4, -0.2) is 40.6 Å². The summed E-state index contributed by atoms with van der Waals surface area (Å²) in [6.45, 7) is 4.69. The second-order valence-corrected chi connectivity index (χ2v) is 8.55. The zero-order chi connectivity index (χ0) is 24.8. The maximum atomic E-state index is 11.0. The van der Waals surface area contributed by atoms with Gasteiger partial charge in [-0.15, -0.1) is 0 Å². The molecule has 184 valence electrons. The van der Waals surface area contributed by atoms with Crippen LogP contribution in [0.15, 0.2) is 42.5 Å². The van der Waals surface area contributed by atoms with E-state index in [1.807, 2.05) is 24.3 Å². The lowest BCUT2D eigenvalue weighted by molar-refractivity contribution is -0.117. The van der Waals surface area contributed by atoms with Crippen molar-refractivity contribution in [3.63, 3.8) is 0 Å². The summed E-state index contributed by atoms with van der Waals surface area (Å²) in [5.41, 5.74) is 16.3. The summed E-state index contributed by atoms with van der Waals surface area (Å²) in [6.07, 6.45) is 2.42. The van der Waals surface area contributed by atoms with Crippen molar-refractivity contribution in [3.05, 3.63) is 53.6 Å². The van der Waals surface area contributed by atoms with Gasteiger partial charge in [0.25, 0.3) is 0 Å². The second kappa shape index (κ2) is 11.1. The molecule has 0 bridgehead atoms. The molecule has 0 aliphatic heterocycles. The Hall–Kier alpha value is -3.85. The third-order valence-corrected chi connectivity index (χ3v) is 5.99. The number of hydrogen-bond acceptors (Lipinski definition) is 7. The number of ether oxygens (including phenoxy) is 1. The number of hydrogen-bond donors (Lipinski definition) is 4. The van der Waals surface area contributed by atoms with Crippen LogP contribution < -0.4 is 26.8 Å². The summed E-state index contributed by atoms with van der Waals surface area (Å²) in [6, 6.07) is 14.3. The van der Waals surface area contributed by atoms with Gasteiger partial charge in [-0.2, -0.15) is 4.98 Å². The summed E-state index contributed by atoms with van der Waals surface area (Å²) in [5, 5.41) is 7.76. The molecule has 6 N–H and O–H groups in total. The molecule has 9 nitrogen and oxygen atoms in total. The lowest BCUT2D eigenvalue weighted by Crippen LogP contribution is -2.21. The van der Waals surface area contributed by atoms with Crippen molar-refractivity contribution >= 4 is 39.6 Å². The molecule has 9 heteroatoms. The standard InChI is InChI=1S/C26H33N7O2/c1-3-4-12-30-25-24-23(31-26(28)32-25)19-7-5-6-8-20(19)33(24)16-18-14-17(9-10-21(18)35-2)15-29-13-11-22(27)34/h5-10,14,29H,3-4,11-13,15-16H2,1-2H3,(H2,27,34)(H3,28,30,31,32). The Balaban J connectivity index is 1.76. The third kappa shape index (κ3) is 5.46. The van der Waals surface area contributed by atoms with Crippen molar-refractivity contribution in [2.24, 2.45) is 5.73 Å². The topological polar surface area (TPSA) is 133 Å². The van der Waals surface area contributed by atoms with Crippen LogP contribution in [-0.2, 0) is 17.9 Å². The van der Waals surface area contributed by atoms with Gasteiger partial charge in [0.05, 0.1) is 19.2 Å². The fraction of sp³-hybridized carbons (Fsp3) is 0.346. The van der Waals surface area contributed by atoms with Crippen LogP contribution in [0.1, 0.15) is 37.3 Å². The number of nitrogens with two attached hydrogens (primary N) is 2. The highest BCUT2D eigenvalue weighted by atomic mass is 16.5. The molecule has 0 aliphatic rings. The van der Waals surface area contributed by atoms with Crippen LogP contribution in [0.5, 0.6) is 5.75 Å². The number of nitrogens with zero attached hydrogens (tertiary/aromatic N) is 3. The number of fused-ring (bicyclic) bond motifs is 3. The van der Waals surface area contributed by atoms with Gasteiger partial charge in [-0.3, -0.25) is 4.79 Å². The number of nitrogens with one attached hydrogen (secondary N) is 2. The summed E-state index contributed by atoms with van der Waals surface area (Å²) in [7, 11) is 1.68. The Morgan fingerprint density at radius 1 is 1.14 bits per heavy atom. The van der Waals surface area contributed by atoms with Crippen LogP contribution in [0.25, 0.3) is 21.9 Å². The van der Waals surface area contributed by atoms with Gasteiger partial charge in [0, 0.05) is 37.0 Å². The predicted molar refractivity (Wildman–Crippen MR) is 140 cm³/mol. The molecule has 2 heterocycles. The predicted octanol–water partition coefficient (Wildman–Crippen LogP) is 3.40. The second-order valence-electron chi connectivity index (χ2n) is 8.55. The van der Waals surface area contributed by atoms with Gasteiger partial charge < -0.3 is 31.4 Å². The molecule has 0 aliphatic carbocycles. The van der Waals surface area contributed by atoms with E-state index in [0.717, 1.165) is 64.0 Å². The average Bonchev–Trinajstić information content (AvgIpc) is 3.15. The summed E-state index contributed by atoms with van der Waals surface area (Å²) < 4.78 is 7.92. The lowest BCUT2D eigenvalue weighted by atomic mass is 10.1. The minimum absolute atomic E-state index is 0.251. The number of nitrogen functional groups attached to an aromatic ring is 1. The van der Waals surface area contributed by atoms with Crippen molar-refractivity contribution in [3.8, 4) is 5.75 Å². The van der Waals surface area contributed by atoms with Crippen LogP contribution in [0.3, 0.4) is 0 Å². The molecule has 2 aromatic carbocycles. The summed E-state index contributed by atoms with van der Waals surface area (Å²) in [4.78, 5) is 20.2. The fourth-order valence-corrected chi connectivity index (χ4v) is 4.30. The minimum Gasteiger partial charge on any atom is -0.496 e. The van der Waals surface area contributed by atoms with E-state index in [2.05, 4.69) is 50.3 Å². The number of para-hydroxylation sites is 1. The van der Waals surface area contributed by atoms with Crippen molar-refractivity contribution < 1.29 is 9.53 Å². The zero-order valence-electron chi connectivity index (χ0n) is 20.3. The van der Waals surface area contributed by atoms with E-state index in [4.69, 9.17) is 16.2 Å². The average molecular weight is 476 g/mol. The highest BCUT2D eigenvalue weighted by molar-refractivity contribution is 6.09. The van der Waals surface area contributed by atoms with E-state index < -0.39 is 0 Å². The molecule has 0 fully saturated rings. The molecular formula is C26H33N7O2. The van der Waals surface area contributed by atoms with Crippen molar-refractivity contribution in [1.29, 1.82) is 0 Å². The Bertz CT molecular complexity index is 1330. The van der Waals surface area contributed by atoms with Gasteiger partial charge in [0.2, 0.25) is 11.9 Å². The molecule has 0 saturated carbocycles. The molecule has 4 rings (SSSR count). The van der Waals surface area contributed by atoms with Crippen LogP contribution in [0.4, 0.5) is 11.8 Å². The summed E-state index contributed by atoms with van der Waals surface area (Å²) in [5.74, 6) is 1.47. The zero-order valence-corrected chi connectivity index (χ0v) is 20.3. The maximum Gasteiger partial charge on any atom is 0.222 e. The number of methoxy groups -OCH3 is 1. The number of anilines is 2. The quantitative estimate of drug-likeness (QED) is 0.231. The highest BCUT2D eigenvalue weighted by Crippen LogP contribution is 2.34. The molecule has 0 unspecified atom stereocenters. The molecule has 2 aromatic heterocycles. The molecule has 4 aromatic rings. The van der Waals surface area contributed by atoms with Gasteiger partial charge in [0.15, 0.2) is 5.82 Å². The van der Waals surface area contributed by atoms with Gasteiger partial charge in [-0.05, 0) is 30.2 Å². The number of unbranched alkanes of at least 4 members (excludes halogenated alkanes) is 1. The lowest BCUT2D eigenvalue weighted by Gasteiger charge is -2.15. The van der Waals surface area contributed by atoms with E-state index in [1.165, 1.54) is 0 Å². The first-order valence-electron chi connectivity index (χ1n) is 11.9. The monoisotopic (exact) mass is 475 g/mol. The Morgan fingerprint density at radius 2 is 1.97 bits per heavy atom. The van der Waals surface area contributed by atoms with Gasteiger partial charge >= 0.3 is 0 Å². The van der Waals surface area contributed by atoms with E-state index >= 15 is 0 Å². The molecule has 0 atom stereocenters. The van der Waals surface area contributed by atoms with Crippen LogP contribution in [0, 0.1) is 0 Å². The van der Waals surface area contributed by atoms with E-state index in [9.17, 15) is 4.79 Å². The number of benzene rings is 2. The molecule has 0 radical (unpaired) electrons. The minimum atomic E-state index is -0.314. The van der Waals surface area contributed by atoms with Crippen LogP contribution >= 0.6 is 0 Å². The largest absolute Gasteiger partial charge is 0.496 e. The molecule has 1 amide bonds. The number of carbonyl (C=O) groups is 1. The number of aromatic nitrogens is 3. The van der Waals surface area contributed by atoms with E-state index in [-0.39, 0.29) is 11.9 Å². The molecule has 35 heavy (non-hydrogen) atoms. The number of primary amides is 1.